The summed E-state index contributed by atoms with van der Waals surface area (Å²) < 4.78 is 5.98. The molecule has 0 unspecified atom stereocenters. The highest BCUT2D eigenvalue weighted by Crippen LogP contribution is 2.24. The number of benzene rings is 1. The first kappa shape index (κ1) is 30.8. The number of rotatable bonds is 10. The van der Waals surface area contributed by atoms with E-state index in [4.69, 9.17) is 4.74 Å². The number of nitrogens with zero attached hydrogens (tertiary/aromatic N) is 1. The molecule has 0 radical (unpaired) electrons. The third-order valence-electron chi connectivity index (χ3n) is 7.06. The van der Waals surface area contributed by atoms with Gasteiger partial charge in [-0.1, -0.05) is 63.9 Å². The van der Waals surface area contributed by atoms with Gasteiger partial charge in [0.25, 0.3) is 0 Å². The van der Waals surface area contributed by atoms with E-state index in [2.05, 4.69) is 5.32 Å². The Hall–Kier alpha value is -2.45. The van der Waals surface area contributed by atoms with Gasteiger partial charge in [-0.25, -0.2) is 4.79 Å². The van der Waals surface area contributed by atoms with Crippen molar-refractivity contribution in [2.75, 3.05) is 7.05 Å². The van der Waals surface area contributed by atoms with E-state index in [0.717, 1.165) is 24.8 Å². The summed E-state index contributed by atoms with van der Waals surface area (Å²) in [5, 5.41) is 23.1. The number of aliphatic hydroxyl groups is 2. The van der Waals surface area contributed by atoms with E-state index < -0.39 is 36.2 Å². The second-order valence-corrected chi connectivity index (χ2v) is 11.1. The Kier molecular flexibility index (Phi) is 12.5. The molecule has 1 aliphatic rings. The second kappa shape index (κ2) is 15.1. The SMILES string of the molecule is CC(C)C[C@H]1C(=O)O[C@H]([C@@H](C)CCCC[C@@H](C)O)C[C@@H](O)CC(=O)N[C@H](Cc2ccccc2)C(=O)N1C. The second-order valence-electron chi connectivity index (χ2n) is 11.1. The van der Waals surface area contributed by atoms with Crippen molar-refractivity contribution >= 4 is 17.8 Å². The molecule has 1 aromatic rings. The molecule has 0 spiro atoms. The van der Waals surface area contributed by atoms with E-state index in [1.54, 1.807) is 14.0 Å². The fraction of sp³-hybridized carbons (Fsp3) is 0.690. The number of likely N-dealkylation sites (N-methyl/N-ethyl adjacent to an activating group) is 1. The number of esters is 1. The maximum absolute atomic E-state index is 13.6. The third kappa shape index (κ3) is 10.4. The van der Waals surface area contributed by atoms with Crippen molar-refractivity contribution < 1.29 is 29.3 Å². The minimum absolute atomic E-state index is 0.0508. The predicted molar refractivity (Wildman–Crippen MR) is 143 cm³/mol. The summed E-state index contributed by atoms with van der Waals surface area (Å²) in [6.45, 7) is 7.70. The smallest absolute Gasteiger partial charge is 0.329 e. The minimum atomic E-state index is -1.01. The van der Waals surface area contributed by atoms with Crippen LogP contribution in [0.5, 0.6) is 0 Å². The Morgan fingerprint density at radius 2 is 1.70 bits per heavy atom. The molecule has 6 atom stereocenters. The van der Waals surface area contributed by atoms with Crippen LogP contribution >= 0.6 is 0 Å². The molecule has 1 aromatic carbocycles. The number of nitrogens with one attached hydrogen (secondary N) is 1. The van der Waals surface area contributed by atoms with Gasteiger partial charge in [0, 0.05) is 19.9 Å². The topological polar surface area (TPSA) is 116 Å². The van der Waals surface area contributed by atoms with E-state index in [0.29, 0.717) is 12.8 Å². The van der Waals surface area contributed by atoms with E-state index >= 15 is 0 Å². The number of hydrogen-bond acceptors (Lipinski definition) is 6. The Balaban J connectivity index is 2.28. The summed E-state index contributed by atoms with van der Waals surface area (Å²) >= 11 is 0. The Labute approximate surface area is 221 Å². The molecule has 1 fully saturated rings. The largest absolute Gasteiger partial charge is 0.460 e. The number of amides is 2. The van der Waals surface area contributed by atoms with Gasteiger partial charge in [0.1, 0.15) is 18.2 Å². The quantitative estimate of drug-likeness (QED) is 0.324. The maximum atomic E-state index is 13.6. The molecule has 1 saturated heterocycles. The maximum Gasteiger partial charge on any atom is 0.329 e. The van der Waals surface area contributed by atoms with Gasteiger partial charge in [0.05, 0.1) is 18.6 Å². The van der Waals surface area contributed by atoms with Gasteiger partial charge in [0.2, 0.25) is 11.8 Å². The first-order valence-electron chi connectivity index (χ1n) is 13.6. The summed E-state index contributed by atoms with van der Waals surface area (Å²) in [4.78, 5) is 41.3. The van der Waals surface area contributed by atoms with Crippen LogP contribution in [0, 0.1) is 11.8 Å². The molecule has 1 heterocycles. The van der Waals surface area contributed by atoms with E-state index in [1.165, 1.54) is 4.90 Å². The lowest BCUT2D eigenvalue weighted by Gasteiger charge is -2.35. The average molecular weight is 519 g/mol. The summed E-state index contributed by atoms with van der Waals surface area (Å²) in [6, 6.07) is 7.73. The Morgan fingerprint density at radius 1 is 1.05 bits per heavy atom. The number of ether oxygens (including phenoxy) is 1. The molecule has 1 aliphatic heterocycles. The number of cyclic esters (lactones) is 1. The van der Waals surface area contributed by atoms with Crippen LogP contribution in [0.3, 0.4) is 0 Å². The summed E-state index contributed by atoms with van der Waals surface area (Å²) in [7, 11) is 1.59. The van der Waals surface area contributed by atoms with Crippen LogP contribution in [0.4, 0.5) is 0 Å². The van der Waals surface area contributed by atoms with Gasteiger partial charge < -0.3 is 25.2 Å². The molecule has 8 nitrogen and oxygen atoms in total. The number of unbranched alkanes of at least 4 members (excludes halogenated alkanes) is 1. The fourth-order valence-electron chi connectivity index (χ4n) is 4.84. The molecule has 0 aliphatic carbocycles. The van der Waals surface area contributed by atoms with E-state index in [-0.39, 0.29) is 43.1 Å². The molecule has 0 saturated carbocycles. The van der Waals surface area contributed by atoms with Crippen LogP contribution in [0.25, 0.3) is 0 Å². The Bertz CT molecular complexity index is 859. The predicted octanol–water partition coefficient (Wildman–Crippen LogP) is 3.23. The van der Waals surface area contributed by atoms with Gasteiger partial charge in [-0.2, -0.15) is 0 Å². The van der Waals surface area contributed by atoms with Crippen LogP contribution in [-0.4, -0.2) is 70.3 Å². The summed E-state index contributed by atoms with van der Waals surface area (Å²) in [6.07, 6.45) is 1.88. The third-order valence-corrected chi connectivity index (χ3v) is 7.06. The molecular formula is C29H46N2O6. The minimum Gasteiger partial charge on any atom is -0.460 e. The molecule has 0 aromatic heterocycles. The molecule has 208 valence electrons. The zero-order chi connectivity index (χ0) is 27.5. The lowest BCUT2D eigenvalue weighted by atomic mass is 9.91. The standard InChI is InChI=1S/C29H46N2O6/c1-19(2)15-25-29(36)37-26(20(3)11-9-10-12-21(4)32)17-23(33)18-27(34)30-24(28(35)31(25)5)16-22-13-7-6-8-14-22/h6-8,13-14,19-21,23-26,32-33H,9-12,15-18H2,1-5H3,(H,30,34)/t20-,21+,23+,24+,25-,26-/m0/s1. The summed E-state index contributed by atoms with van der Waals surface area (Å²) in [5.74, 6) is -1.18. The number of carbonyl (C=O) groups excluding carboxylic acids is 3. The molecule has 8 heteroatoms. The molecule has 2 rings (SSSR count). The van der Waals surface area contributed by atoms with Crippen LogP contribution in [0.1, 0.15) is 78.2 Å². The van der Waals surface area contributed by atoms with Crippen LogP contribution < -0.4 is 5.32 Å². The van der Waals surface area contributed by atoms with Crippen LogP contribution in [0.2, 0.25) is 0 Å². The van der Waals surface area contributed by atoms with Crippen LogP contribution in [0.15, 0.2) is 30.3 Å². The van der Waals surface area contributed by atoms with Crippen molar-refractivity contribution in [2.24, 2.45) is 11.8 Å². The first-order chi connectivity index (χ1) is 17.5. The number of carbonyl (C=O) groups is 3. The van der Waals surface area contributed by atoms with Crippen molar-refractivity contribution in [3.05, 3.63) is 35.9 Å². The molecular weight excluding hydrogens is 472 g/mol. The zero-order valence-corrected chi connectivity index (χ0v) is 23.1. The van der Waals surface area contributed by atoms with Crippen LogP contribution in [-0.2, 0) is 25.5 Å². The lowest BCUT2D eigenvalue weighted by Crippen LogP contribution is -2.55. The van der Waals surface area contributed by atoms with Gasteiger partial charge >= 0.3 is 5.97 Å². The van der Waals surface area contributed by atoms with Gasteiger partial charge in [-0.05, 0) is 43.6 Å². The number of aliphatic hydroxyl groups excluding tert-OH is 2. The monoisotopic (exact) mass is 518 g/mol. The van der Waals surface area contributed by atoms with E-state index in [9.17, 15) is 24.6 Å². The van der Waals surface area contributed by atoms with Crippen molar-refractivity contribution in [3.8, 4) is 0 Å². The highest BCUT2D eigenvalue weighted by Gasteiger charge is 2.37. The van der Waals surface area contributed by atoms with Gasteiger partial charge in [0.15, 0.2) is 0 Å². The molecule has 2 amide bonds. The highest BCUT2D eigenvalue weighted by atomic mass is 16.5. The van der Waals surface area contributed by atoms with Crippen molar-refractivity contribution in [1.29, 1.82) is 0 Å². The fourth-order valence-corrected chi connectivity index (χ4v) is 4.84. The first-order valence-corrected chi connectivity index (χ1v) is 13.6. The van der Waals surface area contributed by atoms with E-state index in [1.807, 2.05) is 51.1 Å². The van der Waals surface area contributed by atoms with Crippen molar-refractivity contribution in [1.82, 2.24) is 10.2 Å². The highest BCUT2D eigenvalue weighted by molar-refractivity contribution is 5.91. The average Bonchev–Trinajstić information content (AvgIpc) is 2.83. The van der Waals surface area contributed by atoms with Gasteiger partial charge in [-0.3, -0.25) is 9.59 Å². The van der Waals surface area contributed by atoms with Gasteiger partial charge in [-0.15, -0.1) is 0 Å². The number of hydrogen-bond donors (Lipinski definition) is 3. The zero-order valence-electron chi connectivity index (χ0n) is 23.1. The summed E-state index contributed by atoms with van der Waals surface area (Å²) in [5.41, 5.74) is 0.884. The molecule has 0 bridgehead atoms. The lowest BCUT2D eigenvalue weighted by molar-refractivity contribution is -0.164. The normalized spacial score (nSPS) is 25.6. The van der Waals surface area contributed by atoms with Crippen molar-refractivity contribution in [2.45, 2.75) is 109 Å². The molecule has 37 heavy (non-hydrogen) atoms. The molecule has 3 N–H and O–H groups in total. The Morgan fingerprint density at radius 3 is 2.32 bits per heavy atom. The van der Waals surface area contributed by atoms with Crippen molar-refractivity contribution in [3.63, 3.8) is 0 Å².